The van der Waals surface area contributed by atoms with Crippen molar-refractivity contribution in [3.63, 3.8) is 0 Å². The number of anilines is 1. The molecule has 5 heteroatoms. The Morgan fingerprint density at radius 1 is 1.44 bits per heavy atom. The molecule has 1 aliphatic rings. The summed E-state index contributed by atoms with van der Waals surface area (Å²) >= 11 is 5.47. The van der Waals surface area contributed by atoms with Gasteiger partial charge in [-0.05, 0) is 18.2 Å². The second kappa shape index (κ2) is 3.33. The van der Waals surface area contributed by atoms with Crippen LogP contribution in [0, 0.1) is 12.3 Å². The lowest BCUT2D eigenvalue weighted by atomic mass is 10.2. The molecule has 0 aliphatic carbocycles. The van der Waals surface area contributed by atoms with Crippen LogP contribution < -0.4 is 4.90 Å². The minimum Gasteiger partial charge on any atom is -0.340 e. The van der Waals surface area contributed by atoms with Crippen molar-refractivity contribution < 1.29 is 13.2 Å². The second-order valence-corrected chi connectivity index (χ2v) is 4.16. The summed E-state index contributed by atoms with van der Waals surface area (Å²) in [6.45, 7) is -0.244. The van der Waals surface area contributed by atoms with Gasteiger partial charge in [0.15, 0.2) is 0 Å². The molecule has 0 aromatic heterocycles. The van der Waals surface area contributed by atoms with Gasteiger partial charge in [-0.3, -0.25) is 0 Å². The molecule has 0 spiro atoms. The molecule has 0 bridgehead atoms. The van der Waals surface area contributed by atoms with Crippen molar-refractivity contribution in [2.75, 3.05) is 11.4 Å². The largest absolute Gasteiger partial charge is 0.427 e. The summed E-state index contributed by atoms with van der Waals surface area (Å²) in [5.74, 6) is 2.37. The van der Waals surface area contributed by atoms with Crippen LogP contribution >= 0.6 is 11.6 Å². The summed E-state index contributed by atoms with van der Waals surface area (Å²) < 4.78 is 37.6. The van der Waals surface area contributed by atoms with Crippen LogP contribution in [0.4, 0.5) is 18.9 Å². The van der Waals surface area contributed by atoms with E-state index in [1.807, 2.05) is 0 Å². The summed E-state index contributed by atoms with van der Waals surface area (Å²) in [5, 5.41) is 0. The van der Waals surface area contributed by atoms with Crippen LogP contribution in [-0.4, -0.2) is 17.7 Å². The molecule has 16 heavy (non-hydrogen) atoms. The standard InChI is InChI=1S/C11H7ClF3N/c1-2-8-4-3-5-9(6-8)16-7-10(16,12)11(13,14)15/h1,3-6H,7H2. The fourth-order valence-corrected chi connectivity index (χ4v) is 1.69. The van der Waals surface area contributed by atoms with E-state index < -0.39 is 11.2 Å². The van der Waals surface area contributed by atoms with Gasteiger partial charge in [0.25, 0.3) is 0 Å². The molecule has 0 amide bonds. The van der Waals surface area contributed by atoms with Crippen LogP contribution in [0.3, 0.4) is 0 Å². The van der Waals surface area contributed by atoms with Gasteiger partial charge in [-0.1, -0.05) is 23.6 Å². The number of alkyl halides is 4. The molecular weight excluding hydrogens is 239 g/mol. The van der Waals surface area contributed by atoms with Gasteiger partial charge in [0.2, 0.25) is 5.00 Å². The third-order valence-corrected chi connectivity index (χ3v) is 2.99. The van der Waals surface area contributed by atoms with Crippen molar-refractivity contribution in [1.29, 1.82) is 0 Å². The van der Waals surface area contributed by atoms with Gasteiger partial charge >= 0.3 is 6.18 Å². The number of hydrogen-bond donors (Lipinski definition) is 0. The summed E-state index contributed by atoms with van der Waals surface area (Å²) in [4.78, 5) is -1.20. The summed E-state index contributed by atoms with van der Waals surface area (Å²) in [5.41, 5.74) is 0.924. The van der Waals surface area contributed by atoms with Crippen LogP contribution in [0.1, 0.15) is 5.56 Å². The first-order chi connectivity index (χ1) is 7.38. The molecule has 84 valence electrons. The van der Waals surface area contributed by atoms with Gasteiger partial charge in [0.1, 0.15) is 0 Å². The molecule has 1 nitrogen and oxygen atoms in total. The molecule has 1 atom stereocenters. The minimum atomic E-state index is -4.44. The molecule has 1 fully saturated rings. The SMILES string of the molecule is C#Cc1cccc(N2CC2(Cl)C(F)(F)F)c1. The Balaban J connectivity index is 2.27. The minimum absolute atomic E-state index is 0.244. The number of hydrogen-bond acceptors (Lipinski definition) is 1. The van der Waals surface area contributed by atoms with Gasteiger partial charge in [-0.15, -0.1) is 6.42 Å². The lowest BCUT2D eigenvalue weighted by molar-refractivity contribution is -0.136. The van der Waals surface area contributed by atoms with Crippen LogP contribution in [0.5, 0.6) is 0 Å². The quantitative estimate of drug-likeness (QED) is 0.318. The van der Waals surface area contributed by atoms with E-state index in [4.69, 9.17) is 18.0 Å². The molecule has 0 N–H and O–H groups in total. The van der Waals surface area contributed by atoms with Crippen molar-refractivity contribution in [2.45, 2.75) is 11.2 Å². The first-order valence-corrected chi connectivity index (χ1v) is 4.86. The Bertz CT molecular complexity index is 463. The molecule has 1 aliphatic heterocycles. The van der Waals surface area contributed by atoms with Crippen LogP contribution in [0.15, 0.2) is 24.3 Å². The second-order valence-electron chi connectivity index (χ2n) is 3.54. The zero-order valence-electron chi connectivity index (χ0n) is 8.05. The highest BCUT2D eigenvalue weighted by Crippen LogP contribution is 2.52. The summed E-state index contributed by atoms with van der Waals surface area (Å²) in [7, 11) is 0. The topological polar surface area (TPSA) is 3.01 Å². The fourth-order valence-electron chi connectivity index (χ4n) is 1.48. The van der Waals surface area contributed by atoms with Gasteiger partial charge in [0, 0.05) is 11.3 Å². The highest BCUT2D eigenvalue weighted by molar-refractivity contribution is 6.29. The van der Waals surface area contributed by atoms with Crippen LogP contribution in [-0.2, 0) is 0 Å². The van der Waals surface area contributed by atoms with E-state index in [0.717, 1.165) is 4.90 Å². The third kappa shape index (κ3) is 1.61. The van der Waals surface area contributed by atoms with E-state index in [2.05, 4.69) is 5.92 Å². The van der Waals surface area contributed by atoms with E-state index in [1.165, 1.54) is 6.07 Å². The van der Waals surface area contributed by atoms with Crippen LogP contribution in [0.25, 0.3) is 0 Å². The number of halogens is 4. The zero-order valence-corrected chi connectivity index (χ0v) is 8.81. The van der Waals surface area contributed by atoms with Gasteiger partial charge < -0.3 is 4.90 Å². The third-order valence-electron chi connectivity index (χ3n) is 2.45. The number of nitrogens with zero attached hydrogens (tertiary/aromatic N) is 1. The summed E-state index contributed by atoms with van der Waals surface area (Å²) in [6.07, 6.45) is 0.725. The first kappa shape index (κ1) is 11.2. The molecule has 0 saturated carbocycles. The van der Waals surface area contributed by atoms with E-state index >= 15 is 0 Å². The maximum absolute atomic E-state index is 12.5. The normalized spacial score (nSPS) is 24.1. The monoisotopic (exact) mass is 245 g/mol. The molecular formula is C11H7ClF3N. The van der Waals surface area contributed by atoms with E-state index in [1.54, 1.807) is 18.2 Å². The van der Waals surface area contributed by atoms with Crippen molar-refractivity contribution >= 4 is 17.3 Å². The fraction of sp³-hybridized carbons (Fsp3) is 0.273. The number of benzene rings is 1. The molecule has 1 aromatic rings. The average molecular weight is 246 g/mol. The smallest absolute Gasteiger partial charge is 0.340 e. The molecule has 1 heterocycles. The molecule has 1 unspecified atom stereocenters. The predicted octanol–water partition coefficient (Wildman–Crippen LogP) is 2.99. The Morgan fingerprint density at radius 2 is 2.12 bits per heavy atom. The Labute approximate surface area is 95.8 Å². The number of terminal acetylenes is 1. The van der Waals surface area contributed by atoms with Gasteiger partial charge in [-0.2, -0.15) is 13.2 Å². The zero-order chi connectivity index (χ0) is 12.0. The maximum Gasteiger partial charge on any atom is 0.427 e. The molecule has 1 aromatic carbocycles. The Kier molecular flexibility index (Phi) is 2.32. The Morgan fingerprint density at radius 3 is 2.62 bits per heavy atom. The predicted molar refractivity (Wildman–Crippen MR) is 56.4 cm³/mol. The number of rotatable bonds is 1. The lowest BCUT2D eigenvalue weighted by Gasteiger charge is -2.15. The highest BCUT2D eigenvalue weighted by Gasteiger charge is 2.69. The van der Waals surface area contributed by atoms with E-state index in [0.29, 0.717) is 11.3 Å². The molecule has 0 radical (unpaired) electrons. The molecule has 2 rings (SSSR count). The van der Waals surface area contributed by atoms with E-state index in [-0.39, 0.29) is 6.54 Å². The van der Waals surface area contributed by atoms with Crippen molar-refractivity contribution in [2.24, 2.45) is 0 Å². The maximum atomic E-state index is 12.5. The van der Waals surface area contributed by atoms with Crippen molar-refractivity contribution in [1.82, 2.24) is 0 Å². The van der Waals surface area contributed by atoms with Crippen LogP contribution in [0.2, 0.25) is 0 Å². The first-order valence-electron chi connectivity index (χ1n) is 4.48. The van der Waals surface area contributed by atoms with Gasteiger partial charge in [0.05, 0.1) is 6.54 Å². The van der Waals surface area contributed by atoms with Crippen molar-refractivity contribution in [3.8, 4) is 12.3 Å². The lowest BCUT2D eigenvalue weighted by Crippen LogP contribution is -2.31. The summed E-state index contributed by atoms with van der Waals surface area (Å²) in [6, 6.07) is 6.32. The Hall–Kier alpha value is -1.34. The molecule has 1 saturated heterocycles. The average Bonchev–Trinajstić information content (AvgIpc) is 2.92. The van der Waals surface area contributed by atoms with Gasteiger partial charge in [-0.25, -0.2) is 0 Å². The van der Waals surface area contributed by atoms with Crippen molar-refractivity contribution in [3.05, 3.63) is 29.8 Å². The van der Waals surface area contributed by atoms with E-state index in [9.17, 15) is 13.2 Å². The highest BCUT2D eigenvalue weighted by atomic mass is 35.5.